The minimum Gasteiger partial charge on any atom is -0.491 e. The lowest BCUT2D eigenvalue weighted by Gasteiger charge is -2.33. The maximum atomic E-state index is 12.0. The molecule has 0 radical (unpaired) electrons. The Morgan fingerprint density at radius 1 is 1.39 bits per heavy atom. The number of rotatable bonds is 0. The van der Waals surface area contributed by atoms with Crippen molar-refractivity contribution in [1.82, 2.24) is 10.6 Å². The van der Waals surface area contributed by atoms with E-state index >= 15 is 0 Å². The number of carbonyl (C=O) groups excluding carboxylic acids is 2. The number of anilines is 1. The van der Waals surface area contributed by atoms with Crippen LogP contribution in [0, 0.1) is 0 Å². The van der Waals surface area contributed by atoms with Gasteiger partial charge in [0.05, 0.1) is 12.3 Å². The number of nitrogens with one attached hydrogen (secondary N) is 2. The summed E-state index contributed by atoms with van der Waals surface area (Å²) in [4.78, 5) is 23.4. The molecule has 7 heteroatoms. The molecule has 4 N–H and O–H groups in total. The Morgan fingerprint density at radius 3 is 2.83 bits per heavy atom. The molecular formula is C11H10ClN3O3. The molecule has 0 saturated carbocycles. The Labute approximate surface area is 107 Å². The fourth-order valence-electron chi connectivity index (χ4n) is 2.39. The summed E-state index contributed by atoms with van der Waals surface area (Å²) in [6.07, 6.45) is 0.345. The van der Waals surface area contributed by atoms with Crippen LogP contribution in [0.1, 0.15) is 12.0 Å². The summed E-state index contributed by atoms with van der Waals surface area (Å²) in [7, 11) is 0. The van der Waals surface area contributed by atoms with Crippen LogP contribution in [0.5, 0.6) is 5.75 Å². The molecule has 2 heterocycles. The lowest BCUT2D eigenvalue weighted by atomic mass is 9.84. The van der Waals surface area contributed by atoms with Gasteiger partial charge >= 0.3 is 6.03 Å². The van der Waals surface area contributed by atoms with Crippen LogP contribution in [0.25, 0.3) is 0 Å². The summed E-state index contributed by atoms with van der Waals surface area (Å²) >= 11 is 5.95. The molecule has 1 spiro atoms. The van der Waals surface area contributed by atoms with E-state index in [1.165, 1.54) is 0 Å². The zero-order valence-electron chi connectivity index (χ0n) is 9.25. The maximum absolute atomic E-state index is 12.0. The number of amides is 3. The summed E-state index contributed by atoms with van der Waals surface area (Å²) in [5.74, 6) is 0.00159. The van der Waals surface area contributed by atoms with E-state index in [2.05, 4.69) is 10.6 Å². The van der Waals surface area contributed by atoms with Crippen LogP contribution >= 0.6 is 11.6 Å². The van der Waals surface area contributed by atoms with E-state index in [-0.39, 0.29) is 0 Å². The van der Waals surface area contributed by atoms with Gasteiger partial charge < -0.3 is 15.8 Å². The number of nitrogen functional groups attached to an aromatic ring is 1. The molecule has 1 aromatic rings. The van der Waals surface area contributed by atoms with Gasteiger partial charge in [0, 0.05) is 17.0 Å². The van der Waals surface area contributed by atoms with Crippen molar-refractivity contribution >= 4 is 29.2 Å². The van der Waals surface area contributed by atoms with Crippen molar-refractivity contribution in [3.8, 4) is 5.75 Å². The van der Waals surface area contributed by atoms with Crippen molar-refractivity contribution in [2.24, 2.45) is 0 Å². The van der Waals surface area contributed by atoms with Gasteiger partial charge in [-0.25, -0.2) is 4.79 Å². The molecule has 0 bridgehead atoms. The van der Waals surface area contributed by atoms with Crippen molar-refractivity contribution < 1.29 is 14.3 Å². The van der Waals surface area contributed by atoms with Gasteiger partial charge in [-0.1, -0.05) is 11.6 Å². The van der Waals surface area contributed by atoms with E-state index < -0.39 is 17.5 Å². The molecule has 94 valence electrons. The smallest absolute Gasteiger partial charge is 0.322 e. The molecule has 0 aromatic heterocycles. The second-order valence-corrected chi connectivity index (χ2v) is 4.72. The topological polar surface area (TPSA) is 93.4 Å². The molecule has 18 heavy (non-hydrogen) atoms. The first-order valence-corrected chi connectivity index (χ1v) is 5.76. The highest BCUT2D eigenvalue weighted by Crippen LogP contribution is 2.43. The Kier molecular flexibility index (Phi) is 2.18. The third-order valence-electron chi connectivity index (χ3n) is 3.21. The number of nitrogens with two attached hydrogens (primary N) is 1. The number of ether oxygens (including phenoxy) is 1. The number of hydrogen-bond acceptors (Lipinski definition) is 4. The van der Waals surface area contributed by atoms with Crippen molar-refractivity contribution in [1.29, 1.82) is 0 Å². The first-order chi connectivity index (χ1) is 8.53. The summed E-state index contributed by atoms with van der Waals surface area (Å²) < 4.78 is 5.46. The minimum absolute atomic E-state index is 0.298. The van der Waals surface area contributed by atoms with E-state index in [0.717, 1.165) is 0 Å². The van der Waals surface area contributed by atoms with Crippen molar-refractivity contribution in [2.75, 3.05) is 12.3 Å². The van der Waals surface area contributed by atoms with Crippen LogP contribution in [0.2, 0.25) is 5.02 Å². The van der Waals surface area contributed by atoms with E-state index in [9.17, 15) is 9.59 Å². The number of hydrogen-bond donors (Lipinski definition) is 3. The number of halogens is 1. The normalized spacial score (nSPS) is 25.4. The van der Waals surface area contributed by atoms with E-state index in [0.29, 0.717) is 35.1 Å². The molecule has 1 atom stereocenters. The molecule has 3 rings (SSSR count). The van der Waals surface area contributed by atoms with Gasteiger partial charge in [-0.3, -0.25) is 10.1 Å². The van der Waals surface area contributed by atoms with Gasteiger partial charge in [0.25, 0.3) is 5.91 Å². The Bertz CT molecular complexity index is 575. The highest BCUT2D eigenvalue weighted by molar-refractivity contribution is 6.31. The molecule has 0 aliphatic carbocycles. The van der Waals surface area contributed by atoms with E-state index in [1.807, 2.05) is 0 Å². The number of carbonyl (C=O) groups is 2. The van der Waals surface area contributed by atoms with Gasteiger partial charge in [-0.05, 0) is 12.1 Å². The fraction of sp³-hybridized carbons (Fsp3) is 0.273. The molecule has 1 unspecified atom stereocenters. The Balaban J connectivity index is 2.23. The molecule has 6 nitrogen and oxygen atoms in total. The number of urea groups is 1. The quantitative estimate of drug-likeness (QED) is 0.477. The van der Waals surface area contributed by atoms with Gasteiger partial charge in [0.15, 0.2) is 5.54 Å². The Hall–Kier alpha value is -1.95. The summed E-state index contributed by atoms with van der Waals surface area (Å²) in [6, 6.07) is 2.62. The van der Waals surface area contributed by atoms with Gasteiger partial charge in [0.1, 0.15) is 5.75 Å². The molecule has 2 aliphatic heterocycles. The highest BCUT2D eigenvalue weighted by Gasteiger charge is 2.51. The van der Waals surface area contributed by atoms with Gasteiger partial charge in [0.2, 0.25) is 0 Å². The second-order valence-electron chi connectivity index (χ2n) is 4.28. The Morgan fingerprint density at radius 2 is 2.17 bits per heavy atom. The number of benzene rings is 1. The zero-order chi connectivity index (χ0) is 12.9. The summed E-state index contributed by atoms with van der Waals surface area (Å²) in [6.45, 7) is 0.298. The van der Waals surface area contributed by atoms with Crippen LogP contribution in [-0.2, 0) is 10.3 Å². The first kappa shape index (κ1) is 11.2. The average molecular weight is 268 g/mol. The predicted molar refractivity (Wildman–Crippen MR) is 64.3 cm³/mol. The van der Waals surface area contributed by atoms with Crippen LogP contribution < -0.4 is 21.1 Å². The van der Waals surface area contributed by atoms with Crippen LogP contribution in [0.15, 0.2) is 12.1 Å². The minimum atomic E-state index is -1.12. The molecule has 2 aliphatic rings. The number of fused-ring (bicyclic) bond motifs is 2. The second kappa shape index (κ2) is 3.52. The molecule has 1 aromatic carbocycles. The monoisotopic (exact) mass is 267 g/mol. The van der Waals surface area contributed by atoms with Crippen molar-refractivity contribution in [3.63, 3.8) is 0 Å². The molecule has 3 amide bonds. The predicted octanol–water partition coefficient (Wildman–Crippen LogP) is 0.739. The molecular weight excluding hydrogens is 258 g/mol. The van der Waals surface area contributed by atoms with Gasteiger partial charge in [-0.2, -0.15) is 0 Å². The van der Waals surface area contributed by atoms with Crippen LogP contribution in [0.4, 0.5) is 10.5 Å². The first-order valence-electron chi connectivity index (χ1n) is 5.39. The standard InChI is InChI=1S/C11H10ClN3O3/c12-5-3-6-8(7(13)4-5)18-2-1-11(6)9(16)14-10(17)15-11/h3-4H,1-2,13H2,(H2,14,15,16,17). The lowest BCUT2D eigenvalue weighted by Crippen LogP contribution is -2.47. The fourth-order valence-corrected chi connectivity index (χ4v) is 2.62. The van der Waals surface area contributed by atoms with Crippen LogP contribution in [-0.4, -0.2) is 18.5 Å². The van der Waals surface area contributed by atoms with Gasteiger partial charge in [-0.15, -0.1) is 0 Å². The maximum Gasteiger partial charge on any atom is 0.322 e. The van der Waals surface area contributed by atoms with Crippen molar-refractivity contribution in [2.45, 2.75) is 12.0 Å². The number of imide groups is 1. The highest BCUT2D eigenvalue weighted by atomic mass is 35.5. The summed E-state index contributed by atoms with van der Waals surface area (Å²) in [5.41, 5.74) is 5.55. The largest absolute Gasteiger partial charge is 0.491 e. The van der Waals surface area contributed by atoms with E-state index in [4.69, 9.17) is 22.1 Å². The molecule has 1 fully saturated rings. The van der Waals surface area contributed by atoms with Crippen molar-refractivity contribution in [3.05, 3.63) is 22.7 Å². The van der Waals surface area contributed by atoms with Crippen LogP contribution in [0.3, 0.4) is 0 Å². The van der Waals surface area contributed by atoms with E-state index in [1.54, 1.807) is 12.1 Å². The lowest BCUT2D eigenvalue weighted by molar-refractivity contribution is -0.125. The average Bonchev–Trinajstić information content (AvgIpc) is 2.56. The molecule has 1 saturated heterocycles. The summed E-state index contributed by atoms with van der Waals surface area (Å²) in [5, 5.41) is 5.26. The SMILES string of the molecule is Nc1cc(Cl)cc2c1OCCC21NC(=O)NC1=O. The third kappa shape index (κ3) is 1.35. The zero-order valence-corrected chi connectivity index (χ0v) is 10.0. The third-order valence-corrected chi connectivity index (χ3v) is 3.43.